The van der Waals surface area contributed by atoms with Crippen LogP contribution < -0.4 is 5.32 Å². The number of amides is 2. The quantitative estimate of drug-likeness (QED) is 0.780. The van der Waals surface area contributed by atoms with Gasteiger partial charge in [0.05, 0.1) is 5.92 Å². The topological polar surface area (TPSA) is 72.9 Å². The number of carboxylic acid groups (broad SMARTS) is 1. The zero-order chi connectivity index (χ0) is 14.0. The Morgan fingerprint density at radius 1 is 1.32 bits per heavy atom. The van der Waals surface area contributed by atoms with Crippen LogP contribution in [0.25, 0.3) is 0 Å². The summed E-state index contributed by atoms with van der Waals surface area (Å²) in [4.78, 5) is 27.0. The van der Waals surface area contributed by atoms with Gasteiger partial charge in [0.25, 0.3) is 0 Å². The maximum absolute atomic E-state index is 12.1. The first-order valence-corrected chi connectivity index (χ1v) is 6.95. The molecule has 2 aliphatic heterocycles. The number of hydrogen-bond donors (Lipinski definition) is 2. The van der Waals surface area contributed by atoms with Crippen molar-refractivity contribution >= 4 is 12.0 Å². The summed E-state index contributed by atoms with van der Waals surface area (Å²) in [5, 5.41) is 12.0. The molecular formula is C13H23N3O3. The van der Waals surface area contributed by atoms with Gasteiger partial charge < -0.3 is 20.2 Å². The predicted octanol–water partition coefficient (Wildman–Crippen LogP) is 0.443. The molecule has 0 aromatic heterocycles. The van der Waals surface area contributed by atoms with Crippen LogP contribution >= 0.6 is 0 Å². The second kappa shape index (κ2) is 5.77. The van der Waals surface area contributed by atoms with Crippen molar-refractivity contribution in [2.24, 2.45) is 11.8 Å². The second-order valence-electron chi connectivity index (χ2n) is 5.77. The normalized spacial score (nSPS) is 31.7. The first-order valence-electron chi connectivity index (χ1n) is 6.95. The Kier molecular flexibility index (Phi) is 4.29. The van der Waals surface area contributed by atoms with Crippen LogP contribution in [-0.2, 0) is 4.79 Å². The number of urea groups is 1. The van der Waals surface area contributed by atoms with Gasteiger partial charge in [0.2, 0.25) is 0 Å². The summed E-state index contributed by atoms with van der Waals surface area (Å²) in [6.45, 7) is 5.14. The van der Waals surface area contributed by atoms with E-state index in [9.17, 15) is 9.59 Å². The minimum atomic E-state index is -0.805. The van der Waals surface area contributed by atoms with E-state index >= 15 is 0 Å². The number of hydrogen-bond acceptors (Lipinski definition) is 3. The molecule has 2 aliphatic rings. The van der Waals surface area contributed by atoms with E-state index in [0.717, 1.165) is 19.5 Å². The van der Waals surface area contributed by atoms with Crippen molar-refractivity contribution in [1.29, 1.82) is 0 Å². The van der Waals surface area contributed by atoms with E-state index in [1.165, 1.54) is 0 Å². The van der Waals surface area contributed by atoms with Crippen LogP contribution in [0.1, 0.15) is 19.8 Å². The lowest BCUT2D eigenvalue weighted by atomic mass is 10.0. The number of nitrogens with one attached hydrogen (secondary N) is 1. The molecule has 0 radical (unpaired) electrons. The van der Waals surface area contributed by atoms with Gasteiger partial charge in [-0.2, -0.15) is 0 Å². The van der Waals surface area contributed by atoms with Gasteiger partial charge in [0, 0.05) is 25.7 Å². The summed E-state index contributed by atoms with van der Waals surface area (Å²) in [7, 11) is 2.09. The van der Waals surface area contributed by atoms with E-state index in [2.05, 4.69) is 17.3 Å². The van der Waals surface area contributed by atoms with Crippen molar-refractivity contribution in [2.75, 3.05) is 33.2 Å². The summed E-state index contributed by atoms with van der Waals surface area (Å²) in [5.41, 5.74) is 0. The summed E-state index contributed by atoms with van der Waals surface area (Å²) in [6, 6.07) is -0.338. The largest absolute Gasteiger partial charge is 0.481 e. The van der Waals surface area contributed by atoms with Gasteiger partial charge in [0.1, 0.15) is 0 Å². The third-order valence-corrected chi connectivity index (χ3v) is 4.36. The molecule has 3 unspecified atom stereocenters. The molecule has 0 aromatic rings. The van der Waals surface area contributed by atoms with Gasteiger partial charge in [-0.1, -0.05) is 0 Å². The second-order valence-corrected chi connectivity index (χ2v) is 5.77. The van der Waals surface area contributed by atoms with E-state index in [0.29, 0.717) is 25.4 Å². The number of aliphatic carboxylic acids is 1. The van der Waals surface area contributed by atoms with Crippen molar-refractivity contribution in [3.63, 3.8) is 0 Å². The van der Waals surface area contributed by atoms with Crippen LogP contribution in [0.4, 0.5) is 4.79 Å². The minimum Gasteiger partial charge on any atom is -0.481 e. The molecule has 0 aromatic carbocycles. The van der Waals surface area contributed by atoms with Crippen molar-refractivity contribution in [2.45, 2.75) is 25.8 Å². The molecule has 2 N–H and O–H groups in total. The smallest absolute Gasteiger partial charge is 0.317 e. The van der Waals surface area contributed by atoms with E-state index in [1.807, 2.05) is 6.92 Å². The van der Waals surface area contributed by atoms with E-state index < -0.39 is 11.9 Å². The van der Waals surface area contributed by atoms with E-state index in [-0.39, 0.29) is 12.1 Å². The zero-order valence-electron chi connectivity index (χ0n) is 11.6. The highest BCUT2D eigenvalue weighted by Crippen LogP contribution is 2.24. The first kappa shape index (κ1) is 14.1. The highest BCUT2D eigenvalue weighted by atomic mass is 16.4. The van der Waals surface area contributed by atoms with Gasteiger partial charge in [-0.05, 0) is 39.3 Å². The number of carbonyl (C=O) groups is 2. The Hall–Kier alpha value is -1.30. The number of carboxylic acids is 1. The Labute approximate surface area is 113 Å². The third-order valence-electron chi connectivity index (χ3n) is 4.36. The highest BCUT2D eigenvalue weighted by molar-refractivity contribution is 5.78. The molecule has 2 heterocycles. The maximum Gasteiger partial charge on any atom is 0.317 e. The molecule has 3 atom stereocenters. The lowest BCUT2D eigenvalue weighted by molar-refractivity contribution is -0.142. The molecule has 108 valence electrons. The highest BCUT2D eigenvalue weighted by Gasteiger charge is 2.38. The van der Waals surface area contributed by atoms with Crippen molar-refractivity contribution < 1.29 is 14.7 Å². The van der Waals surface area contributed by atoms with Crippen LogP contribution in [0.2, 0.25) is 0 Å². The number of rotatable bonds is 3. The molecule has 2 amide bonds. The van der Waals surface area contributed by atoms with E-state index in [1.54, 1.807) is 4.90 Å². The molecule has 19 heavy (non-hydrogen) atoms. The average molecular weight is 269 g/mol. The Balaban J connectivity index is 1.79. The fourth-order valence-corrected chi connectivity index (χ4v) is 3.08. The molecule has 0 aliphatic carbocycles. The molecule has 0 bridgehead atoms. The molecular weight excluding hydrogens is 246 g/mol. The molecule has 6 nitrogen and oxygen atoms in total. The number of nitrogens with zero attached hydrogens (tertiary/aromatic N) is 2. The predicted molar refractivity (Wildman–Crippen MR) is 70.9 cm³/mol. The summed E-state index contributed by atoms with van der Waals surface area (Å²) >= 11 is 0. The number of likely N-dealkylation sites (tertiary alicyclic amines) is 2. The fourth-order valence-electron chi connectivity index (χ4n) is 3.08. The fraction of sp³-hybridized carbons (Fsp3) is 0.846. The SMILES string of the molecule is CC1C(C(=O)O)CCN1C(=O)NCC1CCN(C)C1. The lowest BCUT2D eigenvalue weighted by Gasteiger charge is -2.24. The van der Waals surface area contributed by atoms with Gasteiger partial charge in [0.15, 0.2) is 0 Å². The first-order chi connectivity index (χ1) is 8.99. The maximum atomic E-state index is 12.1. The molecule has 0 saturated carbocycles. The Bertz CT molecular complexity index is 361. The van der Waals surface area contributed by atoms with Crippen LogP contribution in [0.5, 0.6) is 0 Å². The Morgan fingerprint density at radius 3 is 2.58 bits per heavy atom. The summed E-state index contributed by atoms with van der Waals surface area (Å²) in [6.07, 6.45) is 1.67. The van der Waals surface area contributed by atoms with Crippen LogP contribution in [-0.4, -0.2) is 66.2 Å². The van der Waals surface area contributed by atoms with Gasteiger partial charge >= 0.3 is 12.0 Å². The standard InChI is InChI=1S/C13H23N3O3/c1-9-11(12(17)18)4-6-16(9)13(19)14-7-10-3-5-15(2)8-10/h9-11H,3-8H2,1-2H3,(H,14,19)(H,17,18). The molecule has 2 saturated heterocycles. The third kappa shape index (κ3) is 3.18. The van der Waals surface area contributed by atoms with Gasteiger partial charge in [-0.3, -0.25) is 4.79 Å². The van der Waals surface area contributed by atoms with Crippen LogP contribution in [0.15, 0.2) is 0 Å². The Morgan fingerprint density at radius 2 is 2.05 bits per heavy atom. The van der Waals surface area contributed by atoms with Crippen molar-refractivity contribution in [1.82, 2.24) is 15.1 Å². The zero-order valence-corrected chi connectivity index (χ0v) is 11.6. The van der Waals surface area contributed by atoms with Crippen LogP contribution in [0, 0.1) is 11.8 Å². The molecule has 2 fully saturated rings. The van der Waals surface area contributed by atoms with Crippen molar-refractivity contribution in [3.8, 4) is 0 Å². The van der Waals surface area contributed by atoms with Gasteiger partial charge in [-0.25, -0.2) is 4.79 Å². The molecule has 6 heteroatoms. The summed E-state index contributed by atoms with van der Waals surface area (Å²) < 4.78 is 0. The van der Waals surface area contributed by atoms with E-state index in [4.69, 9.17) is 5.11 Å². The molecule has 0 spiro atoms. The molecule has 2 rings (SSSR count). The monoisotopic (exact) mass is 269 g/mol. The lowest BCUT2D eigenvalue weighted by Crippen LogP contribution is -2.45. The average Bonchev–Trinajstić information content (AvgIpc) is 2.92. The van der Waals surface area contributed by atoms with Gasteiger partial charge in [-0.15, -0.1) is 0 Å². The number of carbonyl (C=O) groups excluding carboxylic acids is 1. The van der Waals surface area contributed by atoms with Crippen molar-refractivity contribution in [3.05, 3.63) is 0 Å². The van der Waals surface area contributed by atoms with Crippen LogP contribution in [0.3, 0.4) is 0 Å². The minimum absolute atomic E-state index is 0.120. The summed E-state index contributed by atoms with van der Waals surface area (Å²) in [5.74, 6) is -0.717.